The molecule has 0 N–H and O–H groups in total. The maximum Gasteiger partial charge on any atom is 0.337 e. The number of nitriles is 1. The van der Waals surface area contributed by atoms with Crippen LogP contribution in [0.5, 0.6) is 0 Å². The summed E-state index contributed by atoms with van der Waals surface area (Å²) in [6, 6.07) is 25.9. The van der Waals surface area contributed by atoms with E-state index in [-0.39, 0.29) is 12.2 Å². The van der Waals surface area contributed by atoms with Crippen molar-refractivity contribution in [3.8, 4) is 11.8 Å². The van der Waals surface area contributed by atoms with Crippen LogP contribution in [0, 0.1) is 11.3 Å². The molecule has 0 amide bonds. The van der Waals surface area contributed by atoms with Crippen LogP contribution in [-0.4, -0.2) is 18.7 Å². The number of imidazole rings is 1. The third-order valence-electron chi connectivity index (χ3n) is 5.86. The number of aromatic nitrogens is 4. The van der Waals surface area contributed by atoms with E-state index in [0.29, 0.717) is 34.8 Å². The van der Waals surface area contributed by atoms with E-state index in [0.717, 1.165) is 11.1 Å². The van der Waals surface area contributed by atoms with Gasteiger partial charge in [-0.3, -0.25) is 9.36 Å². The molecule has 0 aliphatic rings. The summed E-state index contributed by atoms with van der Waals surface area (Å²) in [4.78, 5) is 31.6. The lowest BCUT2D eigenvalue weighted by Gasteiger charge is -2.13. The molecule has 2 heterocycles. The summed E-state index contributed by atoms with van der Waals surface area (Å²) >= 11 is 6.07. The van der Waals surface area contributed by atoms with E-state index in [9.17, 15) is 14.9 Å². The van der Waals surface area contributed by atoms with Crippen molar-refractivity contribution in [3.63, 3.8) is 0 Å². The molecule has 35 heavy (non-hydrogen) atoms. The van der Waals surface area contributed by atoms with Crippen LogP contribution < -0.4 is 11.2 Å². The lowest BCUT2D eigenvalue weighted by atomic mass is 10.1. The van der Waals surface area contributed by atoms with Crippen LogP contribution in [0.3, 0.4) is 0 Å². The summed E-state index contributed by atoms with van der Waals surface area (Å²) < 4.78 is 4.42. The van der Waals surface area contributed by atoms with E-state index in [2.05, 4.69) is 11.1 Å². The smallest absolute Gasteiger partial charge is 0.320 e. The lowest BCUT2D eigenvalue weighted by Crippen LogP contribution is -2.40. The van der Waals surface area contributed by atoms with Crippen LogP contribution in [0.1, 0.15) is 16.7 Å². The molecule has 0 fully saturated rings. The predicted octanol–water partition coefficient (Wildman–Crippen LogP) is 4.16. The number of hydrogen-bond donors (Lipinski definition) is 0. The van der Waals surface area contributed by atoms with Crippen LogP contribution in [0.15, 0.2) is 94.8 Å². The molecule has 0 spiro atoms. The normalized spacial score (nSPS) is 11.0. The Morgan fingerprint density at radius 2 is 1.66 bits per heavy atom. The average Bonchev–Trinajstić information content (AvgIpc) is 3.29. The highest BCUT2D eigenvalue weighted by Crippen LogP contribution is 2.17. The predicted molar refractivity (Wildman–Crippen MR) is 135 cm³/mol. The molecule has 5 rings (SSSR count). The fourth-order valence-electron chi connectivity index (χ4n) is 4.14. The zero-order valence-electron chi connectivity index (χ0n) is 18.6. The summed E-state index contributed by atoms with van der Waals surface area (Å²) in [5, 5.41) is 9.78. The topological polar surface area (TPSA) is 85.6 Å². The molecule has 172 valence electrons. The molecule has 0 unspecified atom stereocenters. The highest BCUT2D eigenvalue weighted by atomic mass is 35.5. The van der Waals surface area contributed by atoms with Gasteiger partial charge in [-0.05, 0) is 53.9 Å². The number of hydrogen-bond acceptors (Lipinski definition) is 4. The molecule has 0 aliphatic carbocycles. The van der Waals surface area contributed by atoms with E-state index >= 15 is 0 Å². The molecular formula is C27H20ClN5O2. The van der Waals surface area contributed by atoms with Crippen molar-refractivity contribution in [2.24, 2.45) is 0 Å². The molecule has 7 nitrogen and oxygen atoms in total. The SMILES string of the molecule is N#Cc1cccc(Cn2cnc3c2c(=O)n(CCc2ccccc2)c(=O)n3-c2ccc(Cl)cc2)c1. The zero-order chi connectivity index (χ0) is 24.4. The van der Waals surface area contributed by atoms with Gasteiger partial charge in [0.05, 0.1) is 23.6 Å². The van der Waals surface area contributed by atoms with Gasteiger partial charge in [0.15, 0.2) is 11.2 Å². The van der Waals surface area contributed by atoms with Gasteiger partial charge in [-0.1, -0.05) is 54.1 Å². The van der Waals surface area contributed by atoms with Crippen molar-refractivity contribution in [1.29, 1.82) is 5.26 Å². The Bertz CT molecular complexity index is 1680. The van der Waals surface area contributed by atoms with E-state index in [4.69, 9.17) is 11.6 Å². The third kappa shape index (κ3) is 4.39. The number of aryl methyl sites for hydroxylation is 1. The minimum Gasteiger partial charge on any atom is -0.320 e. The van der Waals surface area contributed by atoms with Crippen molar-refractivity contribution < 1.29 is 0 Å². The van der Waals surface area contributed by atoms with Gasteiger partial charge in [-0.25, -0.2) is 14.3 Å². The monoisotopic (exact) mass is 481 g/mol. The lowest BCUT2D eigenvalue weighted by molar-refractivity contribution is 0.615. The van der Waals surface area contributed by atoms with Crippen molar-refractivity contribution in [3.05, 3.63) is 128 Å². The first-order chi connectivity index (χ1) is 17.0. The van der Waals surface area contributed by atoms with Crippen molar-refractivity contribution in [1.82, 2.24) is 18.7 Å². The summed E-state index contributed by atoms with van der Waals surface area (Å²) in [6.45, 7) is 0.555. The third-order valence-corrected chi connectivity index (χ3v) is 6.11. The molecule has 2 aromatic heterocycles. The van der Waals surface area contributed by atoms with Gasteiger partial charge in [0, 0.05) is 18.1 Å². The summed E-state index contributed by atoms with van der Waals surface area (Å²) in [5.41, 5.74) is 2.70. The largest absolute Gasteiger partial charge is 0.337 e. The molecule has 0 saturated heterocycles. The van der Waals surface area contributed by atoms with Crippen LogP contribution in [-0.2, 0) is 19.5 Å². The standard InChI is InChI=1S/C27H20ClN5O2/c28-22-9-11-23(12-10-22)33-25-24(31(18-30-25)17-21-8-4-7-20(15-21)16-29)26(34)32(27(33)35)14-13-19-5-2-1-3-6-19/h1-12,15,18H,13-14,17H2. The van der Waals surface area contributed by atoms with Crippen LogP contribution in [0.4, 0.5) is 0 Å². The Hall–Kier alpha value is -4.41. The minimum atomic E-state index is -0.461. The second kappa shape index (κ2) is 9.45. The van der Waals surface area contributed by atoms with E-state index < -0.39 is 11.2 Å². The fraction of sp³-hybridized carbons (Fsp3) is 0.111. The molecule has 5 aromatic rings. The molecule has 3 aromatic carbocycles. The number of halogens is 1. The first-order valence-electron chi connectivity index (χ1n) is 11.0. The van der Waals surface area contributed by atoms with E-state index in [1.807, 2.05) is 36.4 Å². The number of benzene rings is 3. The van der Waals surface area contributed by atoms with Gasteiger partial charge in [-0.2, -0.15) is 5.26 Å². The Labute approximate surface area is 205 Å². The van der Waals surface area contributed by atoms with Crippen LogP contribution in [0.2, 0.25) is 5.02 Å². The van der Waals surface area contributed by atoms with Gasteiger partial charge in [0.2, 0.25) is 0 Å². The second-order valence-electron chi connectivity index (χ2n) is 8.14. The first-order valence-corrected chi connectivity index (χ1v) is 11.4. The van der Waals surface area contributed by atoms with Crippen molar-refractivity contribution in [2.45, 2.75) is 19.5 Å². The molecule has 0 saturated carbocycles. The van der Waals surface area contributed by atoms with Gasteiger partial charge in [0.25, 0.3) is 5.56 Å². The molecule has 0 atom stereocenters. The van der Waals surface area contributed by atoms with E-state index in [1.54, 1.807) is 53.4 Å². The number of fused-ring (bicyclic) bond motifs is 1. The highest BCUT2D eigenvalue weighted by Gasteiger charge is 2.19. The second-order valence-corrected chi connectivity index (χ2v) is 8.58. The summed E-state index contributed by atoms with van der Waals surface area (Å²) in [6.07, 6.45) is 2.08. The van der Waals surface area contributed by atoms with Gasteiger partial charge >= 0.3 is 5.69 Å². The van der Waals surface area contributed by atoms with Crippen LogP contribution in [0.25, 0.3) is 16.9 Å². The van der Waals surface area contributed by atoms with Crippen molar-refractivity contribution >= 4 is 22.8 Å². The van der Waals surface area contributed by atoms with Gasteiger partial charge in [-0.15, -0.1) is 0 Å². The minimum absolute atomic E-state index is 0.223. The Balaban J connectivity index is 1.68. The van der Waals surface area contributed by atoms with E-state index in [1.165, 1.54) is 9.13 Å². The molecule has 0 aliphatic heterocycles. The average molecular weight is 482 g/mol. The maximum atomic E-state index is 13.6. The molecule has 0 radical (unpaired) electrons. The first kappa shape index (κ1) is 22.4. The maximum absolute atomic E-state index is 13.6. The summed E-state index contributed by atoms with van der Waals surface area (Å²) in [5.74, 6) is 0. The highest BCUT2D eigenvalue weighted by molar-refractivity contribution is 6.30. The van der Waals surface area contributed by atoms with Crippen molar-refractivity contribution in [2.75, 3.05) is 0 Å². The Morgan fingerprint density at radius 1 is 0.914 bits per heavy atom. The quantitative estimate of drug-likeness (QED) is 0.364. The Kier molecular flexibility index (Phi) is 6.04. The summed E-state index contributed by atoms with van der Waals surface area (Å²) in [7, 11) is 0. The zero-order valence-corrected chi connectivity index (χ0v) is 19.4. The Morgan fingerprint density at radius 3 is 2.40 bits per heavy atom. The van der Waals surface area contributed by atoms with Gasteiger partial charge < -0.3 is 4.57 Å². The molecule has 8 heteroatoms. The van der Waals surface area contributed by atoms with Gasteiger partial charge in [0.1, 0.15) is 0 Å². The number of nitrogens with zero attached hydrogens (tertiary/aromatic N) is 5. The fourth-order valence-corrected chi connectivity index (χ4v) is 4.27. The number of rotatable bonds is 6. The van der Waals surface area contributed by atoms with Crippen LogP contribution >= 0.6 is 11.6 Å². The molecular weight excluding hydrogens is 462 g/mol. The molecule has 0 bridgehead atoms.